The van der Waals surface area contributed by atoms with Crippen molar-refractivity contribution in [3.8, 4) is 0 Å². The molecule has 0 rings (SSSR count). The van der Waals surface area contributed by atoms with Crippen molar-refractivity contribution in [3.63, 3.8) is 0 Å². The van der Waals surface area contributed by atoms with Gasteiger partial charge in [-0.3, -0.25) is 0 Å². The lowest BCUT2D eigenvalue weighted by atomic mass is 10.0. The Morgan fingerprint density at radius 3 is 2.60 bits per heavy atom. The minimum absolute atomic E-state index is 0.685. The quantitative estimate of drug-likeness (QED) is 0.592. The van der Waals surface area contributed by atoms with Crippen molar-refractivity contribution in [1.29, 1.82) is 0 Å². The van der Waals surface area contributed by atoms with Crippen LogP contribution >= 0.6 is 0 Å². The molecule has 1 heteroatoms. The van der Waals surface area contributed by atoms with Gasteiger partial charge < -0.3 is 5.32 Å². The molecule has 0 aliphatic heterocycles. The van der Waals surface area contributed by atoms with E-state index in [0.717, 1.165) is 13.0 Å². The summed E-state index contributed by atoms with van der Waals surface area (Å²) in [6.07, 6.45) is 3.45. The zero-order chi connectivity index (χ0) is 7.98. The molecule has 0 amide bonds. The molecule has 1 unspecified atom stereocenters. The SMILES string of the molecule is CC/C=C(\C)C(C)CNC. The van der Waals surface area contributed by atoms with Gasteiger partial charge in [0.15, 0.2) is 0 Å². The first-order chi connectivity index (χ1) is 4.72. The summed E-state index contributed by atoms with van der Waals surface area (Å²) in [6.45, 7) is 7.71. The smallest absolute Gasteiger partial charge is 0.00111 e. The Balaban J connectivity index is 3.69. The summed E-state index contributed by atoms with van der Waals surface area (Å²) in [4.78, 5) is 0. The van der Waals surface area contributed by atoms with E-state index in [1.54, 1.807) is 0 Å². The van der Waals surface area contributed by atoms with Gasteiger partial charge in [-0.05, 0) is 26.3 Å². The van der Waals surface area contributed by atoms with Crippen LogP contribution in [0.1, 0.15) is 27.2 Å². The van der Waals surface area contributed by atoms with E-state index in [2.05, 4.69) is 32.2 Å². The fraction of sp³-hybridized carbons (Fsp3) is 0.778. The lowest BCUT2D eigenvalue weighted by Gasteiger charge is -2.10. The second-order valence-corrected chi connectivity index (χ2v) is 2.82. The fourth-order valence-electron chi connectivity index (χ4n) is 0.990. The molecule has 1 atom stereocenters. The van der Waals surface area contributed by atoms with Crippen LogP contribution in [0.15, 0.2) is 11.6 Å². The Morgan fingerprint density at radius 2 is 2.20 bits per heavy atom. The summed E-state index contributed by atoms with van der Waals surface area (Å²) in [5.74, 6) is 0.685. The highest BCUT2D eigenvalue weighted by Gasteiger charge is 2.00. The van der Waals surface area contributed by atoms with Gasteiger partial charge in [-0.1, -0.05) is 25.5 Å². The summed E-state index contributed by atoms with van der Waals surface area (Å²) in [7, 11) is 2.00. The van der Waals surface area contributed by atoms with Crippen molar-refractivity contribution < 1.29 is 0 Å². The van der Waals surface area contributed by atoms with E-state index in [-0.39, 0.29) is 0 Å². The molecule has 0 bridgehead atoms. The number of hydrogen-bond donors (Lipinski definition) is 1. The summed E-state index contributed by atoms with van der Waals surface area (Å²) in [6, 6.07) is 0. The minimum atomic E-state index is 0.685. The van der Waals surface area contributed by atoms with Gasteiger partial charge in [-0.2, -0.15) is 0 Å². The molecule has 0 aliphatic carbocycles. The van der Waals surface area contributed by atoms with Gasteiger partial charge in [-0.25, -0.2) is 0 Å². The third-order valence-electron chi connectivity index (χ3n) is 1.81. The summed E-state index contributed by atoms with van der Waals surface area (Å²) in [5, 5.41) is 3.17. The van der Waals surface area contributed by atoms with E-state index in [1.807, 2.05) is 7.05 Å². The first kappa shape index (κ1) is 9.70. The van der Waals surface area contributed by atoms with Gasteiger partial charge in [0.2, 0.25) is 0 Å². The molecule has 10 heavy (non-hydrogen) atoms. The maximum Gasteiger partial charge on any atom is 0.00111 e. The third kappa shape index (κ3) is 3.67. The number of rotatable bonds is 4. The van der Waals surface area contributed by atoms with Gasteiger partial charge >= 0.3 is 0 Å². The van der Waals surface area contributed by atoms with Crippen molar-refractivity contribution in [3.05, 3.63) is 11.6 Å². The van der Waals surface area contributed by atoms with Gasteiger partial charge in [0, 0.05) is 6.54 Å². The Hall–Kier alpha value is -0.300. The average Bonchev–Trinajstić information content (AvgIpc) is 1.89. The highest BCUT2D eigenvalue weighted by Crippen LogP contribution is 2.08. The molecule has 0 saturated heterocycles. The molecule has 0 aromatic rings. The normalized spacial score (nSPS) is 15.4. The molecule has 0 saturated carbocycles. The van der Waals surface area contributed by atoms with Gasteiger partial charge in [0.25, 0.3) is 0 Å². The Labute approximate surface area is 64.5 Å². The monoisotopic (exact) mass is 141 g/mol. The van der Waals surface area contributed by atoms with Gasteiger partial charge in [0.1, 0.15) is 0 Å². The first-order valence-corrected chi connectivity index (χ1v) is 4.03. The zero-order valence-electron chi connectivity index (χ0n) is 7.57. The molecule has 0 spiro atoms. The van der Waals surface area contributed by atoms with Crippen LogP contribution < -0.4 is 5.32 Å². The van der Waals surface area contributed by atoms with Crippen LogP contribution in [-0.2, 0) is 0 Å². The maximum atomic E-state index is 3.17. The number of nitrogens with one attached hydrogen (secondary N) is 1. The van der Waals surface area contributed by atoms with E-state index >= 15 is 0 Å². The molecule has 0 heterocycles. The molecule has 60 valence electrons. The lowest BCUT2D eigenvalue weighted by Crippen LogP contribution is -2.16. The van der Waals surface area contributed by atoms with Crippen molar-refractivity contribution in [2.75, 3.05) is 13.6 Å². The molecule has 0 radical (unpaired) electrons. The zero-order valence-corrected chi connectivity index (χ0v) is 7.57. The predicted molar refractivity (Wildman–Crippen MR) is 47.1 cm³/mol. The first-order valence-electron chi connectivity index (χ1n) is 4.03. The third-order valence-corrected chi connectivity index (χ3v) is 1.81. The highest BCUT2D eigenvalue weighted by molar-refractivity contribution is 5.01. The predicted octanol–water partition coefficient (Wildman–Crippen LogP) is 2.20. The highest BCUT2D eigenvalue weighted by atomic mass is 14.8. The number of allylic oxidation sites excluding steroid dienone is 1. The summed E-state index contributed by atoms with van der Waals surface area (Å²) >= 11 is 0. The standard InChI is InChI=1S/C9H19N/c1-5-6-8(2)9(3)7-10-4/h6,9-10H,5,7H2,1-4H3/b8-6+. The van der Waals surface area contributed by atoms with E-state index in [1.165, 1.54) is 5.57 Å². The van der Waals surface area contributed by atoms with Crippen LogP contribution in [-0.4, -0.2) is 13.6 Å². The van der Waals surface area contributed by atoms with Crippen molar-refractivity contribution in [2.24, 2.45) is 5.92 Å². The Kier molecular flexibility index (Phi) is 5.32. The van der Waals surface area contributed by atoms with E-state index < -0.39 is 0 Å². The lowest BCUT2D eigenvalue weighted by molar-refractivity contribution is 0.616. The van der Waals surface area contributed by atoms with E-state index in [9.17, 15) is 0 Å². The fourth-order valence-corrected chi connectivity index (χ4v) is 0.990. The minimum Gasteiger partial charge on any atom is -0.319 e. The largest absolute Gasteiger partial charge is 0.319 e. The van der Waals surface area contributed by atoms with Crippen LogP contribution in [0.25, 0.3) is 0 Å². The van der Waals surface area contributed by atoms with Gasteiger partial charge in [-0.15, -0.1) is 0 Å². The molecule has 0 aromatic carbocycles. The molecule has 0 aromatic heterocycles. The van der Waals surface area contributed by atoms with Crippen LogP contribution in [0, 0.1) is 5.92 Å². The van der Waals surface area contributed by atoms with Crippen molar-refractivity contribution >= 4 is 0 Å². The molecule has 1 N–H and O–H groups in total. The molecular formula is C9H19N. The molecule has 0 fully saturated rings. The molecular weight excluding hydrogens is 122 g/mol. The number of hydrogen-bond acceptors (Lipinski definition) is 1. The Bertz CT molecular complexity index is 105. The summed E-state index contributed by atoms with van der Waals surface area (Å²) < 4.78 is 0. The van der Waals surface area contributed by atoms with Crippen LogP contribution in [0.5, 0.6) is 0 Å². The van der Waals surface area contributed by atoms with E-state index in [0.29, 0.717) is 5.92 Å². The molecule has 1 nitrogen and oxygen atoms in total. The van der Waals surface area contributed by atoms with Crippen LogP contribution in [0.2, 0.25) is 0 Å². The second kappa shape index (κ2) is 5.48. The van der Waals surface area contributed by atoms with Crippen LogP contribution in [0.3, 0.4) is 0 Å². The van der Waals surface area contributed by atoms with Crippen molar-refractivity contribution in [1.82, 2.24) is 5.32 Å². The Morgan fingerprint density at radius 1 is 1.60 bits per heavy atom. The van der Waals surface area contributed by atoms with Crippen LogP contribution in [0.4, 0.5) is 0 Å². The van der Waals surface area contributed by atoms with Crippen molar-refractivity contribution in [2.45, 2.75) is 27.2 Å². The average molecular weight is 141 g/mol. The van der Waals surface area contributed by atoms with Gasteiger partial charge in [0.05, 0.1) is 0 Å². The second-order valence-electron chi connectivity index (χ2n) is 2.82. The maximum absolute atomic E-state index is 3.17. The topological polar surface area (TPSA) is 12.0 Å². The summed E-state index contributed by atoms with van der Waals surface area (Å²) in [5.41, 5.74) is 1.50. The molecule has 0 aliphatic rings. The van der Waals surface area contributed by atoms with E-state index in [4.69, 9.17) is 0 Å².